The Kier molecular flexibility index (Phi) is 1.53. The second-order valence-electron chi connectivity index (χ2n) is 3.60. The lowest BCUT2D eigenvalue weighted by Gasteiger charge is -2.16. The predicted octanol–water partition coefficient (Wildman–Crippen LogP) is 1.42. The molecule has 1 saturated carbocycles. The summed E-state index contributed by atoms with van der Waals surface area (Å²) in [5.74, 6) is 2.79. The molecule has 3 atom stereocenters. The number of hydrogen-bond acceptors (Lipinski definition) is 1. The number of nitrogens with one attached hydrogen (secondary N) is 1. The van der Waals surface area contributed by atoms with Crippen LogP contribution < -0.4 is 5.32 Å². The summed E-state index contributed by atoms with van der Waals surface area (Å²) in [6.45, 7) is 1.21. The second kappa shape index (κ2) is 2.39. The van der Waals surface area contributed by atoms with Gasteiger partial charge in [-0.2, -0.15) is 0 Å². The van der Waals surface area contributed by atoms with Crippen molar-refractivity contribution in [2.24, 2.45) is 17.8 Å². The third-order valence-electron chi connectivity index (χ3n) is 2.88. The molecule has 2 aliphatic carbocycles. The van der Waals surface area contributed by atoms with Crippen molar-refractivity contribution in [1.29, 1.82) is 0 Å². The van der Waals surface area contributed by atoms with E-state index in [1.807, 2.05) is 0 Å². The molecular weight excluding hydrogens is 122 g/mol. The van der Waals surface area contributed by atoms with Gasteiger partial charge in [0.05, 0.1) is 0 Å². The van der Waals surface area contributed by atoms with Crippen molar-refractivity contribution in [2.75, 3.05) is 13.6 Å². The van der Waals surface area contributed by atoms with Gasteiger partial charge in [-0.05, 0) is 44.2 Å². The first-order valence-corrected chi connectivity index (χ1v) is 4.23. The molecule has 2 aliphatic rings. The van der Waals surface area contributed by atoms with Crippen LogP contribution in [0.3, 0.4) is 0 Å². The van der Waals surface area contributed by atoms with Gasteiger partial charge in [0.25, 0.3) is 0 Å². The van der Waals surface area contributed by atoms with E-state index in [0.717, 1.165) is 17.8 Å². The third kappa shape index (κ3) is 0.891. The molecule has 0 unspecified atom stereocenters. The number of rotatable bonds is 2. The summed E-state index contributed by atoms with van der Waals surface area (Å²) in [6.07, 6.45) is 7.68. The zero-order valence-corrected chi connectivity index (χ0v) is 6.51. The fourth-order valence-electron chi connectivity index (χ4n) is 2.39. The number of allylic oxidation sites excluding steroid dienone is 2. The average molecular weight is 137 g/mol. The van der Waals surface area contributed by atoms with E-state index >= 15 is 0 Å². The highest BCUT2D eigenvalue weighted by Crippen LogP contribution is 2.42. The molecule has 1 N–H and O–H groups in total. The van der Waals surface area contributed by atoms with E-state index in [1.165, 1.54) is 19.4 Å². The van der Waals surface area contributed by atoms with Crippen LogP contribution in [0.15, 0.2) is 12.2 Å². The predicted molar refractivity (Wildman–Crippen MR) is 42.8 cm³/mol. The van der Waals surface area contributed by atoms with Gasteiger partial charge >= 0.3 is 0 Å². The van der Waals surface area contributed by atoms with E-state index in [0.29, 0.717) is 0 Å². The highest BCUT2D eigenvalue weighted by Gasteiger charge is 2.34. The Labute approximate surface area is 62.5 Å². The molecule has 0 aromatic heterocycles. The van der Waals surface area contributed by atoms with Gasteiger partial charge in [0.1, 0.15) is 0 Å². The van der Waals surface area contributed by atoms with Crippen LogP contribution in [-0.2, 0) is 0 Å². The quantitative estimate of drug-likeness (QED) is 0.567. The van der Waals surface area contributed by atoms with E-state index in [9.17, 15) is 0 Å². The maximum absolute atomic E-state index is 3.26. The minimum absolute atomic E-state index is 0.914. The average Bonchev–Trinajstić information content (AvgIpc) is 2.48. The molecule has 0 radical (unpaired) electrons. The molecule has 1 heteroatoms. The van der Waals surface area contributed by atoms with Crippen LogP contribution in [0.25, 0.3) is 0 Å². The van der Waals surface area contributed by atoms with Crippen LogP contribution in [-0.4, -0.2) is 13.6 Å². The number of hydrogen-bond donors (Lipinski definition) is 1. The van der Waals surface area contributed by atoms with Crippen LogP contribution in [0.1, 0.15) is 12.8 Å². The lowest BCUT2D eigenvalue weighted by molar-refractivity contribution is 0.430. The Morgan fingerprint density at radius 1 is 1.40 bits per heavy atom. The summed E-state index contributed by atoms with van der Waals surface area (Å²) in [5, 5.41) is 3.26. The van der Waals surface area contributed by atoms with Gasteiger partial charge in [0.15, 0.2) is 0 Å². The van der Waals surface area contributed by atoms with Crippen molar-refractivity contribution in [3.8, 4) is 0 Å². The van der Waals surface area contributed by atoms with Crippen LogP contribution in [0.2, 0.25) is 0 Å². The van der Waals surface area contributed by atoms with E-state index in [4.69, 9.17) is 0 Å². The molecule has 2 rings (SSSR count). The van der Waals surface area contributed by atoms with Crippen molar-refractivity contribution in [3.05, 3.63) is 12.2 Å². The van der Waals surface area contributed by atoms with Crippen LogP contribution >= 0.6 is 0 Å². The molecule has 1 nitrogen and oxygen atoms in total. The maximum Gasteiger partial charge on any atom is -0.00177 e. The lowest BCUT2D eigenvalue weighted by Crippen LogP contribution is -2.21. The van der Waals surface area contributed by atoms with E-state index < -0.39 is 0 Å². The first-order chi connectivity index (χ1) is 4.90. The fraction of sp³-hybridized carbons (Fsp3) is 0.778. The zero-order valence-electron chi connectivity index (χ0n) is 6.51. The summed E-state index contributed by atoms with van der Waals surface area (Å²) in [5.41, 5.74) is 0. The molecule has 0 heterocycles. The largest absolute Gasteiger partial charge is 0.319 e. The smallest absolute Gasteiger partial charge is 0.00177 e. The Morgan fingerprint density at radius 3 is 2.80 bits per heavy atom. The first kappa shape index (κ1) is 6.41. The Hall–Kier alpha value is -0.300. The lowest BCUT2D eigenvalue weighted by atomic mass is 9.94. The fourth-order valence-corrected chi connectivity index (χ4v) is 2.39. The van der Waals surface area contributed by atoms with Gasteiger partial charge in [-0.3, -0.25) is 0 Å². The molecule has 0 aromatic carbocycles. The van der Waals surface area contributed by atoms with E-state index in [2.05, 4.69) is 24.5 Å². The molecule has 0 saturated heterocycles. The van der Waals surface area contributed by atoms with Crippen molar-refractivity contribution in [3.63, 3.8) is 0 Å². The monoisotopic (exact) mass is 137 g/mol. The molecule has 0 amide bonds. The molecule has 10 heavy (non-hydrogen) atoms. The molecular formula is C9H15N. The summed E-state index contributed by atoms with van der Waals surface area (Å²) < 4.78 is 0. The topological polar surface area (TPSA) is 12.0 Å². The summed E-state index contributed by atoms with van der Waals surface area (Å²) in [6, 6.07) is 0. The van der Waals surface area contributed by atoms with Gasteiger partial charge in [0.2, 0.25) is 0 Å². The second-order valence-corrected chi connectivity index (χ2v) is 3.60. The Balaban J connectivity index is 1.96. The highest BCUT2D eigenvalue weighted by atomic mass is 14.8. The molecule has 0 aliphatic heterocycles. The molecule has 0 aromatic rings. The van der Waals surface area contributed by atoms with Crippen molar-refractivity contribution >= 4 is 0 Å². The van der Waals surface area contributed by atoms with Crippen molar-refractivity contribution in [1.82, 2.24) is 5.32 Å². The van der Waals surface area contributed by atoms with Gasteiger partial charge < -0.3 is 5.32 Å². The van der Waals surface area contributed by atoms with Gasteiger partial charge in [-0.15, -0.1) is 0 Å². The van der Waals surface area contributed by atoms with Crippen molar-refractivity contribution in [2.45, 2.75) is 12.8 Å². The SMILES string of the molecule is CNC[C@@H]1C[C@H]2C=C[C@@H]1C2. The normalized spacial score (nSPS) is 43.1. The van der Waals surface area contributed by atoms with E-state index in [-0.39, 0.29) is 0 Å². The highest BCUT2D eigenvalue weighted by molar-refractivity contribution is 5.10. The van der Waals surface area contributed by atoms with Crippen molar-refractivity contribution < 1.29 is 0 Å². The first-order valence-electron chi connectivity index (χ1n) is 4.23. The van der Waals surface area contributed by atoms with Crippen LogP contribution in [0.4, 0.5) is 0 Å². The molecule has 2 bridgehead atoms. The maximum atomic E-state index is 3.26. The van der Waals surface area contributed by atoms with Crippen LogP contribution in [0, 0.1) is 17.8 Å². The standard InChI is InChI=1S/C9H15N/c1-10-6-9-5-7-2-3-8(9)4-7/h2-3,7-10H,4-6H2,1H3/t7-,8+,9-/m0/s1. The summed E-state index contributed by atoms with van der Waals surface area (Å²) in [7, 11) is 2.05. The third-order valence-corrected chi connectivity index (χ3v) is 2.88. The number of fused-ring (bicyclic) bond motifs is 2. The molecule has 0 spiro atoms. The Bertz CT molecular complexity index is 151. The molecule has 1 fully saturated rings. The van der Waals surface area contributed by atoms with Gasteiger partial charge in [-0.1, -0.05) is 12.2 Å². The zero-order chi connectivity index (χ0) is 6.97. The minimum atomic E-state index is 0.914. The summed E-state index contributed by atoms with van der Waals surface area (Å²) >= 11 is 0. The Morgan fingerprint density at radius 2 is 2.30 bits per heavy atom. The van der Waals surface area contributed by atoms with E-state index in [1.54, 1.807) is 0 Å². The minimum Gasteiger partial charge on any atom is -0.319 e. The van der Waals surface area contributed by atoms with Gasteiger partial charge in [0, 0.05) is 0 Å². The van der Waals surface area contributed by atoms with Gasteiger partial charge in [-0.25, -0.2) is 0 Å². The molecule has 56 valence electrons. The van der Waals surface area contributed by atoms with Crippen LogP contribution in [0.5, 0.6) is 0 Å². The summed E-state index contributed by atoms with van der Waals surface area (Å²) in [4.78, 5) is 0.